The van der Waals surface area contributed by atoms with Crippen molar-refractivity contribution in [2.45, 2.75) is 50.5 Å². The second-order valence-corrected chi connectivity index (χ2v) is 6.19. The van der Waals surface area contributed by atoms with Gasteiger partial charge in [-0.3, -0.25) is 14.5 Å². The third-order valence-corrected chi connectivity index (χ3v) is 5.15. The van der Waals surface area contributed by atoms with E-state index in [1.165, 1.54) is 4.90 Å². The van der Waals surface area contributed by atoms with Crippen LogP contribution in [0.4, 0.5) is 0 Å². The predicted molar refractivity (Wildman–Crippen MR) is 67.2 cm³/mol. The molecule has 2 saturated heterocycles. The fourth-order valence-corrected chi connectivity index (χ4v) is 3.92. The van der Waals surface area contributed by atoms with Crippen molar-refractivity contribution in [3.63, 3.8) is 0 Å². The minimum atomic E-state index is -0.710. The molecule has 1 N–H and O–H groups in total. The van der Waals surface area contributed by atoms with Gasteiger partial charge in [0, 0.05) is 19.6 Å². The lowest BCUT2D eigenvalue weighted by atomic mass is 9.83. The fraction of sp³-hybridized carbons (Fsp3) is 0.857. The van der Waals surface area contributed by atoms with E-state index in [1.54, 1.807) is 0 Å². The highest BCUT2D eigenvalue weighted by molar-refractivity contribution is 6.06. The number of rotatable bonds is 2. The first kappa shape index (κ1) is 13.1. The Labute approximate surface area is 112 Å². The van der Waals surface area contributed by atoms with Gasteiger partial charge in [0.25, 0.3) is 0 Å². The van der Waals surface area contributed by atoms with E-state index in [-0.39, 0.29) is 18.4 Å². The van der Waals surface area contributed by atoms with Gasteiger partial charge < -0.3 is 9.84 Å². The monoisotopic (exact) mass is 267 g/mol. The number of carbonyl (C=O) groups excluding carboxylic acids is 2. The van der Waals surface area contributed by atoms with Crippen molar-refractivity contribution >= 4 is 11.8 Å². The molecule has 0 bridgehead atoms. The van der Waals surface area contributed by atoms with Gasteiger partial charge in [0.1, 0.15) is 0 Å². The highest BCUT2D eigenvalue weighted by atomic mass is 16.5. The topological polar surface area (TPSA) is 66.8 Å². The van der Waals surface area contributed by atoms with E-state index < -0.39 is 11.0 Å². The van der Waals surface area contributed by atoms with Gasteiger partial charge in [-0.05, 0) is 25.7 Å². The molecular weight excluding hydrogens is 246 g/mol. The summed E-state index contributed by atoms with van der Waals surface area (Å²) in [6.45, 7) is 0.860. The number of imide groups is 1. The third-order valence-electron chi connectivity index (χ3n) is 5.15. The molecule has 2 aliphatic heterocycles. The average molecular weight is 267 g/mol. The summed E-state index contributed by atoms with van der Waals surface area (Å²) in [5.41, 5.74) is -1.16. The first-order valence-corrected chi connectivity index (χ1v) is 7.20. The maximum absolute atomic E-state index is 12.8. The van der Waals surface area contributed by atoms with Crippen LogP contribution in [0.1, 0.15) is 44.9 Å². The van der Waals surface area contributed by atoms with Gasteiger partial charge in [-0.1, -0.05) is 12.8 Å². The van der Waals surface area contributed by atoms with E-state index in [4.69, 9.17) is 4.74 Å². The van der Waals surface area contributed by atoms with Gasteiger partial charge in [0.2, 0.25) is 11.8 Å². The van der Waals surface area contributed by atoms with Crippen LogP contribution >= 0.6 is 0 Å². The van der Waals surface area contributed by atoms with Gasteiger partial charge in [-0.2, -0.15) is 0 Å². The highest BCUT2D eigenvalue weighted by Crippen LogP contribution is 2.49. The van der Waals surface area contributed by atoms with Crippen LogP contribution in [0.25, 0.3) is 0 Å². The zero-order valence-electron chi connectivity index (χ0n) is 11.2. The molecule has 0 unspecified atom stereocenters. The molecule has 0 atom stereocenters. The Morgan fingerprint density at radius 3 is 2.32 bits per heavy atom. The number of carbonyl (C=O) groups is 2. The van der Waals surface area contributed by atoms with Gasteiger partial charge in [-0.15, -0.1) is 0 Å². The van der Waals surface area contributed by atoms with Crippen LogP contribution in [0, 0.1) is 5.41 Å². The molecule has 2 amide bonds. The van der Waals surface area contributed by atoms with Crippen molar-refractivity contribution in [1.82, 2.24) is 4.90 Å². The lowest BCUT2D eigenvalue weighted by Gasteiger charge is -2.42. The average Bonchev–Trinajstić information content (AvgIpc) is 2.98. The van der Waals surface area contributed by atoms with E-state index in [9.17, 15) is 14.7 Å². The van der Waals surface area contributed by atoms with Crippen molar-refractivity contribution in [2.24, 2.45) is 5.41 Å². The van der Waals surface area contributed by atoms with Crippen molar-refractivity contribution in [3.8, 4) is 0 Å². The third kappa shape index (κ3) is 1.82. The predicted octanol–water partition coefficient (Wildman–Crippen LogP) is 0.847. The molecule has 2 heterocycles. The fourth-order valence-electron chi connectivity index (χ4n) is 3.92. The molecule has 1 spiro atoms. The van der Waals surface area contributed by atoms with E-state index in [0.29, 0.717) is 32.5 Å². The molecule has 1 saturated carbocycles. The smallest absolute Gasteiger partial charge is 0.236 e. The number of amides is 2. The molecule has 0 aromatic rings. The van der Waals surface area contributed by atoms with Crippen molar-refractivity contribution in [2.75, 3.05) is 19.8 Å². The maximum Gasteiger partial charge on any atom is 0.236 e. The Kier molecular flexibility index (Phi) is 3.14. The Bertz CT molecular complexity index is 394. The quantitative estimate of drug-likeness (QED) is 0.753. The van der Waals surface area contributed by atoms with Gasteiger partial charge in [-0.25, -0.2) is 0 Å². The number of aliphatic hydroxyl groups excluding tert-OH is 1. The highest BCUT2D eigenvalue weighted by Gasteiger charge is 2.58. The molecule has 3 aliphatic rings. The van der Waals surface area contributed by atoms with E-state index in [2.05, 4.69) is 0 Å². The molecule has 5 nitrogen and oxygen atoms in total. The van der Waals surface area contributed by atoms with E-state index >= 15 is 0 Å². The zero-order valence-corrected chi connectivity index (χ0v) is 11.2. The molecule has 3 rings (SSSR count). The van der Waals surface area contributed by atoms with Gasteiger partial charge in [0.15, 0.2) is 0 Å². The molecule has 106 valence electrons. The number of likely N-dealkylation sites (tertiary alicyclic amines) is 1. The summed E-state index contributed by atoms with van der Waals surface area (Å²) in [7, 11) is 0. The van der Waals surface area contributed by atoms with Gasteiger partial charge in [0.05, 0.1) is 17.6 Å². The minimum Gasteiger partial charge on any atom is -0.394 e. The summed E-state index contributed by atoms with van der Waals surface area (Å²) in [6.07, 6.45) is 5.16. The van der Waals surface area contributed by atoms with E-state index in [1.807, 2.05) is 0 Å². The molecule has 3 fully saturated rings. The SMILES string of the molecule is O=C1CC2(CCCC2)C(=O)N1C1(CO)CCOCC1. The number of hydrogen-bond acceptors (Lipinski definition) is 4. The van der Waals surface area contributed by atoms with Crippen molar-refractivity contribution in [3.05, 3.63) is 0 Å². The first-order valence-electron chi connectivity index (χ1n) is 7.20. The van der Waals surface area contributed by atoms with Crippen LogP contribution in [0.15, 0.2) is 0 Å². The normalized spacial score (nSPS) is 29.4. The summed E-state index contributed by atoms with van der Waals surface area (Å²) in [5, 5.41) is 9.77. The molecule has 0 aromatic carbocycles. The lowest BCUT2D eigenvalue weighted by Crippen LogP contribution is -2.58. The summed E-state index contributed by atoms with van der Waals surface area (Å²) >= 11 is 0. The second-order valence-electron chi connectivity index (χ2n) is 6.19. The molecular formula is C14H21NO4. The van der Waals surface area contributed by atoms with Crippen molar-refractivity contribution in [1.29, 1.82) is 0 Å². The van der Waals surface area contributed by atoms with Crippen LogP contribution in [0.3, 0.4) is 0 Å². The number of hydrogen-bond donors (Lipinski definition) is 1. The summed E-state index contributed by atoms with van der Waals surface area (Å²) in [5.74, 6) is -0.131. The Hall–Kier alpha value is -0.940. The second kappa shape index (κ2) is 4.56. The van der Waals surface area contributed by atoms with Gasteiger partial charge >= 0.3 is 0 Å². The number of ether oxygens (including phenoxy) is 1. The van der Waals surface area contributed by atoms with E-state index in [0.717, 1.165) is 25.7 Å². The first-order chi connectivity index (χ1) is 9.14. The van der Waals surface area contributed by atoms with Crippen molar-refractivity contribution < 1.29 is 19.4 Å². The van der Waals surface area contributed by atoms with Crippen LogP contribution in [0.5, 0.6) is 0 Å². The number of nitrogens with zero attached hydrogens (tertiary/aromatic N) is 1. The zero-order chi connectivity index (χ0) is 13.5. The molecule has 5 heteroatoms. The molecule has 1 aliphatic carbocycles. The molecule has 0 radical (unpaired) electrons. The Morgan fingerprint density at radius 2 is 1.74 bits per heavy atom. The largest absolute Gasteiger partial charge is 0.394 e. The Morgan fingerprint density at radius 1 is 1.11 bits per heavy atom. The summed E-state index contributed by atoms with van der Waals surface area (Å²) in [6, 6.07) is 0. The van der Waals surface area contributed by atoms with Crippen LogP contribution in [-0.2, 0) is 14.3 Å². The van der Waals surface area contributed by atoms with Crippen LogP contribution in [-0.4, -0.2) is 47.2 Å². The lowest BCUT2D eigenvalue weighted by molar-refractivity contribution is -0.155. The number of aliphatic hydroxyl groups is 1. The summed E-state index contributed by atoms with van der Waals surface area (Å²) in [4.78, 5) is 26.5. The minimum absolute atomic E-state index is 0.0362. The molecule has 19 heavy (non-hydrogen) atoms. The summed E-state index contributed by atoms with van der Waals surface area (Å²) < 4.78 is 5.31. The van der Waals surface area contributed by atoms with Crippen LogP contribution in [0.2, 0.25) is 0 Å². The standard InChI is InChI=1S/C14H21NO4/c16-10-14(5-7-19-8-6-14)15-11(17)9-13(12(15)18)3-1-2-4-13/h16H,1-10H2. The molecule has 0 aromatic heterocycles. The van der Waals surface area contributed by atoms with Crippen LogP contribution < -0.4 is 0 Å². The maximum atomic E-state index is 12.8. The Balaban J connectivity index is 1.91.